The van der Waals surface area contributed by atoms with E-state index in [1.165, 1.54) is 12.5 Å². The summed E-state index contributed by atoms with van der Waals surface area (Å²) >= 11 is 6.45. The molecule has 49 heavy (non-hydrogen) atoms. The second-order valence-corrected chi connectivity index (χ2v) is 13.1. The van der Waals surface area contributed by atoms with Crippen molar-refractivity contribution in [3.63, 3.8) is 0 Å². The van der Waals surface area contributed by atoms with Crippen LogP contribution in [0, 0.1) is 0 Å². The van der Waals surface area contributed by atoms with Crippen LogP contribution in [0.4, 0.5) is 13.2 Å². The third-order valence-electron chi connectivity index (χ3n) is 9.43. The van der Waals surface area contributed by atoms with Gasteiger partial charge in [0.1, 0.15) is 5.75 Å². The molecule has 0 saturated carbocycles. The highest BCUT2D eigenvalue weighted by molar-refractivity contribution is 6.32. The number of alkyl halides is 3. The van der Waals surface area contributed by atoms with E-state index in [2.05, 4.69) is 22.5 Å². The summed E-state index contributed by atoms with van der Waals surface area (Å²) in [4.78, 5) is 15.1. The Labute approximate surface area is 292 Å². The van der Waals surface area contributed by atoms with Gasteiger partial charge < -0.3 is 15.4 Å². The van der Waals surface area contributed by atoms with Gasteiger partial charge in [-0.05, 0) is 85.8 Å². The van der Waals surface area contributed by atoms with Crippen molar-refractivity contribution >= 4 is 17.5 Å². The van der Waals surface area contributed by atoms with Gasteiger partial charge in [-0.1, -0.05) is 103 Å². The Kier molecular flexibility index (Phi) is 12.8. The number of nitrogens with one attached hydrogen (secondary N) is 2. The highest BCUT2D eigenvalue weighted by Gasteiger charge is 2.38. The third kappa shape index (κ3) is 9.65. The van der Waals surface area contributed by atoms with E-state index in [1.54, 1.807) is 6.07 Å². The number of likely N-dealkylation sites (N-methyl/N-ethyl adjacent to an activating group) is 1. The smallest absolute Gasteiger partial charge is 0.417 e. The first-order valence-electron chi connectivity index (χ1n) is 17.1. The van der Waals surface area contributed by atoms with Crippen LogP contribution in [0.1, 0.15) is 54.0 Å². The van der Waals surface area contributed by atoms with Crippen LogP contribution >= 0.6 is 11.6 Å². The van der Waals surface area contributed by atoms with E-state index < -0.39 is 17.2 Å². The molecular weight excluding hydrogens is 647 g/mol. The predicted octanol–water partition coefficient (Wildman–Crippen LogP) is 8.09. The molecule has 1 atom stereocenters. The average Bonchev–Trinajstić information content (AvgIpc) is 3.57. The van der Waals surface area contributed by atoms with Crippen molar-refractivity contribution < 1.29 is 22.7 Å². The van der Waals surface area contributed by atoms with Gasteiger partial charge in [-0.15, -0.1) is 0 Å². The van der Waals surface area contributed by atoms with Crippen molar-refractivity contribution in [3.05, 3.63) is 136 Å². The second kappa shape index (κ2) is 17.2. The Morgan fingerprint density at radius 3 is 2.31 bits per heavy atom. The molecule has 1 heterocycles. The Balaban J connectivity index is 1.21. The van der Waals surface area contributed by atoms with Gasteiger partial charge in [0.25, 0.3) is 0 Å². The molecule has 4 aromatic rings. The number of amides is 1. The molecule has 9 heteroatoms. The number of rotatable bonds is 16. The summed E-state index contributed by atoms with van der Waals surface area (Å²) in [5.74, 6) is 0.719. The normalized spacial score (nSPS) is 15.3. The fourth-order valence-electron chi connectivity index (χ4n) is 6.87. The fourth-order valence-corrected chi connectivity index (χ4v) is 7.17. The number of nitrogens with zero attached hydrogens (tertiary/aromatic N) is 1. The first kappa shape index (κ1) is 36.4. The Morgan fingerprint density at radius 1 is 0.939 bits per heavy atom. The summed E-state index contributed by atoms with van der Waals surface area (Å²) < 4.78 is 47.5. The summed E-state index contributed by atoms with van der Waals surface area (Å²) in [6.45, 7) is 6.49. The maximum Gasteiger partial charge on any atom is 0.417 e. The van der Waals surface area contributed by atoms with Gasteiger partial charge in [-0.25, -0.2) is 0 Å². The van der Waals surface area contributed by atoms with Crippen molar-refractivity contribution in [2.24, 2.45) is 0 Å². The SMILES string of the molecule is CCN1CCCC1CNC(=O)Cc1cccc(OCCCNCC(Cc2cccc(C(F)(F)F)c2Cl)(c2ccccc2)c2ccccc2)c1. The lowest BCUT2D eigenvalue weighted by atomic mass is 9.70. The quantitative estimate of drug-likeness (QED) is 0.117. The molecule has 0 radical (unpaired) electrons. The van der Waals surface area contributed by atoms with E-state index in [0.29, 0.717) is 56.4 Å². The number of likely N-dealkylation sites (tertiary alicyclic amines) is 1. The largest absolute Gasteiger partial charge is 0.494 e. The van der Waals surface area contributed by atoms with E-state index >= 15 is 0 Å². The monoisotopic (exact) mass is 691 g/mol. The van der Waals surface area contributed by atoms with Crippen LogP contribution in [0.25, 0.3) is 0 Å². The number of halogens is 4. The molecule has 1 unspecified atom stereocenters. The molecule has 1 amide bonds. The lowest BCUT2D eigenvalue weighted by molar-refractivity contribution is -0.137. The Hall–Kier alpha value is -3.85. The van der Waals surface area contributed by atoms with E-state index in [1.807, 2.05) is 84.9 Å². The van der Waals surface area contributed by atoms with Crippen LogP contribution in [0.15, 0.2) is 103 Å². The highest BCUT2D eigenvalue weighted by Crippen LogP contribution is 2.41. The van der Waals surface area contributed by atoms with Crippen LogP contribution < -0.4 is 15.4 Å². The molecule has 1 aliphatic heterocycles. The third-order valence-corrected chi connectivity index (χ3v) is 9.87. The zero-order chi connectivity index (χ0) is 34.7. The lowest BCUT2D eigenvalue weighted by Crippen LogP contribution is -2.42. The lowest BCUT2D eigenvalue weighted by Gasteiger charge is -2.36. The van der Waals surface area contributed by atoms with Crippen LogP contribution in [-0.2, 0) is 29.2 Å². The topological polar surface area (TPSA) is 53.6 Å². The number of hydrogen-bond donors (Lipinski definition) is 2. The number of hydrogen-bond acceptors (Lipinski definition) is 4. The van der Waals surface area contributed by atoms with Crippen molar-refractivity contribution in [2.45, 2.75) is 56.7 Å². The maximum atomic E-state index is 13.8. The molecule has 2 N–H and O–H groups in total. The summed E-state index contributed by atoms with van der Waals surface area (Å²) in [5, 5.41) is 6.41. The van der Waals surface area contributed by atoms with Crippen molar-refractivity contribution in [1.82, 2.24) is 15.5 Å². The van der Waals surface area contributed by atoms with Crippen LogP contribution in [0.2, 0.25) is 5.02 Å². The van der Waals surface area contributed by atoms with Crippen LogP contribution in [0.3, 0.4) is 0 Å². The van der Waals surface area contributed by atoms with E-state index in [-0.39, 0.29) is 17.4 Å². The molecule has 5 nitrogen and oxygen atoms in total. The number of benzene rings is 4. The maximum absolute atomic E-state index is 13.8. The molecule has 260 valence electrons. The molecule has 5 rings (SSSR count). The van der Waals surface area contributed by atoms with Gasteiger partial charge in [-0.2, -0.15) is 13.2 Å². The fraction of sp³-hybridized carbons (Fsp3) is 0.375. The number of ether oxygens (including phenoxy) is 1. The van der Waals surface area contributed by atoms with E-state index in [4.69, 9.17) is 16.3 Å². The molecule has 1 saturated heterocycles. The number of carbonyl (C=O) groups excluding carboxylic acids is 1. The Morgan fingerprint density at radius 2 is 1.63 bits per heavy atom. The van der Waals surface area contributed by atoms with Crippen LogP contribution in [-0.4, -0.2) is 56.2 Å². The average molecular weight is 692 g/mol. The molecule has 0 aliphatic carbocycles. The summed E-state index contributed by atoms with van der Waals surface area (Å²) in [5.41, 5.74) is 1.76. The van der Waals surface area contributed by atoms with Crippen molar-refractivity contribution in [2.75, 3.05) is 39.3 Å². The van der Waals surface area contributed by atoms with Gasteiger partial charge in [0.15, 0.2) is 0 Å². The second-order valence-electron chi connectivity index (χ2n) is 12.7. The van der Waals surface area contributed by atoms with Gasteiger partial charge in [-0.3, -0.25) is 9.69 Å². The zero-order valence-corrected chi connectivity index (χ0v) is 28.7. The first-order valence-corrected chi connectivity index (χ1v) is 17.5. The minimum Gasteiger partial charge on any atom is -0.494 e. The molecule has 0 spiro atoms. The summed E-state index contributed by atoms with van der Waals surface area (Å²) in [7, 11) is 0. The van der Waals surface area contributed by atoms with Gasteiger partial charge >= 0.3 is 6.18 Å². The summed E-state index contributed by atoms with van der Waals surface area (Å²) in [6, 6.07) is 31.9. The van der Waals surface area contributed by atoms with Gasteiger partial charge in [0, 0.05) is 24.5 Å². The zero-order valence-electron chi connectivity index (χ0n) is 27.9. The molecule has 0 bridgehead atoms. The highest BCUT2D eigenvalue weighted by atomic mass is 35.5. The minimum absolute atomic E-state index is 0.0102. The number of carbonyl (C=O) groups is 1. The summed E-state index contributed by atoms with van der Waals surface area (Å²) in [6.07, 6.45) is -0.982. The standard InChI is InChI=1S/C40H45ClF3N3O2/c1-2-47-23-11-19-34(47)28-46-37(48)26-30-13-9-20-35(25-30)49-24-12-22-45-29-39(32-15-5-3-6-16-32,33-17-7-4-8-18-33)27-31-14-10-21-36(38(31)41)40(42,43)44/h3-10,13-18,20-21,25,34,45H,2,11-12,19,22-24,26-29H2,1H3,(H,46,48). The first-order chi connectivity index (χ1) is 23.7. The van der Waals surface area contributed by atoms with Gasteiger partial charge in [0.2, 0.25) is 5.91 Å². The molecule has 4 aromatic carbocycles. The minimum atomic E-state index is -4.55. The van der Waals surface area contributed by atoms with E-state index in [9.17, 15) is 18.0 Å². The van der Waals surface area contributed by atoms with Crippen molar-refractivity contribution in [3.8, 4) is 5.75 Å². The predicted molar refractivity (Wildman–Crippen MR) is 190 cm³/mol. The molecule has 0 aromatic heterocycles. The molecule has 1 fully saturated rings. The molecular formula is C40H45ClF3N3O2. The van der Waals surface area contributed by atoms with Crippen LogP contribution in [0.5, 0.6) is 5.75 Å². The Bertz CT molecular complexity index is 1600. The molecule has 1 aliphatic rings. The van der Waals surface area contributed by atoms with Gasteiger partial charge in [0.05, 0.1) is 23.6 Å². The van der Waals surface area contributed by atoms with E-state index in [0.717, 1.165) is 42.3 Å². The van der Waals surface area contributed by atoms with Crippen molar-refractivity contribution in [1.29, 1.82) is 0 Å².